The Morgan fingerprint density at radius 2 is 1.75 bits per heavy atom. The van der Waals surface area contributed by atoms with Gasteiger partial charge in [-0.05, 0) is 36.4 Å². The quantitative estimate of drug-likeness (QED) is 0.709. The predicted molar refractivity (Wildman–Crippen MR) is 93.6 cm³/mol. The van der Waals surface area contributed by atoms with Crippen LogP contribution in [0.25, 0.3) is 0 Å². The molecule has 1 aliphatic rings. The van der Waals surface area contributed by atoms with E-state index in [1.54, 1.807) is 36.9 Å². The maximum Gasteiger partial charge on any atom is 0.184 e. The van der Waals surface area contributed by atoms with Crippen LogP contribution in [0.15, 0.2) is 79.9 Å². The van der Waals surface area contributed by atoms with Gasteiger partial charge in [0.25, 0.3) is 0 Å². The molecule has 0 unspecified atom stereocenters. The molecule has 5 nitrogen and oxygen atoms in total. The summed E-state index contributed by atoms with van der Waals surface area (Å²) in [6.07, 6.45) is 4.90. The first-order valence-electron chi connectivity index (χ1n) is 7.44. The lowest BCUT2D eigenvalue weighted by atomic mass is 10.1. The molecule has 0 saturated carbocycles. The molecule has 120 valence electrons. The Morgan fingerprint density at radius 3 is 2.46 bits per heavy atom. The number of aromatic hydroxyl groups is 1. The van der Waals surface area contributed by atoms with Crippen LogP contribution in [0.1, 0.15) is 28.4 Å². The Bertz CT molecular complexity index is 870. The summed E-state index contributed by atoms with van der Waals surface area (Å²) in [6, 6.07) is 14.4. The highest BCUT2D eigenvalue weighted by Crippen LogP contribution is 2.48. The second-order valence-electron chi connectivity index (χ2n) is 5.24. The van der Waals surface area contributed by atoms with Crippen molar-refractivity contribution in [1.29, 1.82) is 0 Å². The first-order chi connectivity index (χ1) is 11.8. The second-order valence-corrected chi connectivity index (χ2v) is 6.35. The van der Waals surface area contributed by atoms with Crippen molar-refractivity contribution in [1.82, 2.24) is 0 Å². The fourth-order valence-corrected chi connectivity index (χ4v) is 3.61. The average Bonchev–Trinajstić information content (AvgIpc) is 3.33. The molecule has 0 amide bonds. The highest BCUT2D eigenvalue weighted by atomic mass is 32.2. The molecule has 2 atom stereocenters. The molecular formula is C18H14N2O3S. The van der Waals surface area contributed by atoms with E-state index in [4.69, 9.17) is 8.83 Å². The van der Waals surface area contributed by atoms with Crippen molar-refractivity contribution in [3.05, 3.63) is 78.1 Å². The number of rotatable bonds is 3. The van der Waals surface area contributed by atoms with E-state index in [2.05, 4.69) is 9.98 Å². The molecule has 0 aliphatic carbocycles. The van der Waals surface area contributed by atoms with Crippen LogP contribution in [0.4, 0.5) is 0 Å². The van der Waals surface area contributed by atoms with E-state index in [0.717, 1.165) is 11.5 Å². The average molecular weight is 338 g/mol. The minimum atomic E-state index is -0.187. The lowest BCUT2D eigenvalue weighted by Gasteiger charge is -2.11. The van der Waals surface area contributed by atoms with Crippen molar-refractivity contribution >= 4 is 23.1 Å². The van der Waals surface area contributed by atoms with Gasteiger partial charge < -0.3 is 13.9 Å². The zero-order valence-electron chi connectivity index (χ0n) is 12.6. The molecule has 3 aromatic rings. The lowest BCUT2D eigenvalue weighted by molar-refractivity contribution is 0.432. The molecule has 0 fully saturated rings. The molecule has 4 rings (SSSR count). The van der Waals surface area contributed by atoms with Gasteiger partial charge in [-0.15, -0.1) is 0 Å². The molecule has 24 heavy (non-hydrogen) atoms. The number of phenolic OH excluding ortho intramolecular Hbond substituents is 1. The van der Waals surface area contributed by atoms with Crippen LogP contribution < -0.4 is 0 Å². The summed E-state index contributed by atoms with van der Waals surface area (Å²) in [5.74, 6) is 1.80. The van der Waals surface area contributed by atoms with Crippen LogP contribution in [0.2, 0.25) is 0 Å². The lowest BCUT2D eigenvalue weighted by Crippen LogP contribution is -1.99. The van der Waals surface area contributed by atoms with Crippen molar-refractivity contribution in [2.45, 2.75) is 11.3 Å². The molecule has 2 aromatic heterocycles. The minimum Gasteiger partial charge on any atom is -0.507 e. The number of nitrogens with zero attached hydrogens (tertiary/aromatic N) is 2. The van der Waals surface area contributed by atoms with Crippen molar-refractivity contribution in [2.24, 2.45) is 9.98 Å². The number of furan rings is 2. The molecule has 6 heteroatoms. The number of hydrogen-bond acceptors (Lipinski definition) is 6. The van der Waals surface area contributed by atoms with E-state index in [1.807, 2.05) is 30.3 Å². The third kappa shape index (κ3) is 2.88. The molecule has 3 heterocycles. The second kappa shape index (κ2) is 6.41. The smallest absolute Gasteiger partial charge is 0.184 e. The number of aliphatic imine (C=N–C) groups is 2. The summed E-state index contributed by atoms with van der Waals surface area (Å²) >= 11 is 1.52. The van der Waals surface area contributed by atoms with Gasteiger partial charge in [0.2, 0.25) is 0 Å². The molecular weight excluding hydrogens is 324 g/mol. The van der Waals surface area contributed by atoms with E-state index < -0.39 is 0 Å². The van der Waals surface area contributed by atoms with Gasteiger partial charge in [0, 0.05) is 11.8 Å². The number of amidine groups is 1. The van der Waals surface area contributed by atoms with Crippen LogP contribution in [0.5, 0.6) is 5.75 Å². The predicted octanol–water partition coefficient (Wildman–Crippen LogP) is 4.58. The van der Waals surface area contributed by atoms with Crippen LogP contribution in [0, 0.1) is 0 Å². The number of phenols is 1. The van der Waals surface area contributed by atoms with E-state index in [-0.39, 0.29) is 17.0 Å². The first-order valence-corrected chi connectivity index (χ1v) is 8.32. The molecule has 0 saturated heterocycles. The molecule has 0 radical (unpaired) electrons. The van der Waals surface area contributed by atoms with Gasteiger partial charge in [-0.25, -0.2) is 9.98 Å². The standard InChI is InChI=1S/C18H14N2O3S/c21-13-6-2-1-5-12(13)11-19-18-20-16(14-7-3-9-22-14)17(24-18)15-8-4-10-23-15/h1-11,16-17,21H/t16-,17-/m0/s1. The van der Waals surface area contributed by atoms with Crippen LogP contribution in [-0.2, 0) is 0 Å². The van der Waals surface area contributed by atoms with Gasteiger partial charge in [0.1, 0.15) is 28.6 Å². The van der Waals surface area contributed by atoms with Crippen molar-refractivity contribution in [2.75, 3.05) is 0 Å². The Kier molecular flexibility index (Phi) is 3.96. The maximum atomic E-state index is 9.82. The van der Waals surface area contributed by atoms with Crippen molar-refractivity contribution in [3.63, 3.8) is 0 Å². The summed E-state index contributed by atoms with van der Waals surface area (Å²) in [7, 11) is 0. The number of thioether (sulfide) groups is 1. The molecule has 1 N–H and O–H groups in total. The highest BCUT2D eigenvalue weighted by molar-refractivity contribution is 8.14. The fraction of sp³-hybridized carbons (Fsp3) is 0.111. The van der Waals surface area contributed by atoms with Gasteiger partial charge in [0.05, 0.1) is 12.5 Å². The zero-order valence-corrected chi connectivity index (χ0v) is 13.4. The number of hydrogen-bond donors (Lipinski definition) is 1. The van der Waals surface area contributed by atoms with Gasteiger partial charge in [-0.3, -0.25) is 0 Å². The third-order valence-corrected chi connectivity index (χ3v) is 4.84. The summed E-state index contributed by atoms with van der Waals surface area (Å²) in [4.78, 5) is 9.08. The third-order valence-electron chi connectivity index (χ3n) is 3.68. The van der Waals surface area contributed by atoms with Gasteiger partial charge in [-0.1, -0.05) is 23.9 Å². The Balaban J connectivity index is 1.62. The van der Waals surface area contributed by atoms with E-state index >= 15 is 0 Å². The summed E-state index contributed by atoms with van der Waals surface area (Å²) in [5, 5.41) is 10.4. The molecule has 0 spiro atoms. The topological polar surface area (TPSA) is 71.2 Å². The van der Waals surface area contributed by atoms with Crippen molar-refractivity contribution in [3.8, 4) is 5.75 Å². The van der Waals surface area contributed by atoms with E-state index in [1.165, 1.54) is 11.8 Å². The van der Waals surface area contributed by atoms with E-state index in [0.29, 0.717) is 10.7 Å². The normalized spacial score (nSPS) is 20.6. The summed E-state index contributed by atoms with van der Waals surface area (Å²) < 4.78 is 11.1. The maximum absolute atomic E-state index is 9.82. The summed E-state index contributed by atoms with van der Waals surface area (Å²) in [6.45, 7) is 0. The molecule has 1 aliphatic heterocycles. The fourth-order valence-electron chi connectivity index (χ4n) is 2.52. The largest absolute Gasteiger partial charge is 0.507 e. The number of benzene rings is 1. The van der Waals surface area contributed by atoms with Gasteiger partial charge in [0.15, 0.2) is 5.17 Å². The van der Waals surface area contributed by atoms with Crippen LogP contribution in [-0.4, -0.2) is 16.5 Å². The Morgan fingerprint density at radius 1 is 1.00 bits per heavy atom. The van der Waals surface area contributed by atoms with E-state index in [9.17, 15) is 5.11 Å². The molecule has 0 bridgehead atoms. The van der Waals surface area contributed by atoms with Crippen LogP contribution >= 0.6 is 11.8 Å². The number of para-hydroxylation sites is 1. The zero-order chi connectivity index (χ0) is 16.4. The Labute approximate surface area is 142 Å². The van der Waals surface area contributed by atoms with Gasteiger partial charge in [-0.2, -0.15) is 0 Å². The van der Waals surface area contributed by atoms with Crippen molar-refractivity contribution < 1.29 is 13.9 Å². The van der Waals surface area contributed by atoms with Gasteiger partial charge >= 0.3 is 0 Å². The SMILES string of the molecule is Oc1ccccc1C=NC1=N[C@@H](c2ccco2)[C@H](c2ccco2)S1. The Hall–Kier alpha value is -2.73. The minimum absolute atomic E-state index is 0.0253. The summed E-state index contributed by atoms with van der Waals surface area (Å²) in [5.41, 5.74) is 0.650. The highest BCUT2D eigenvalue weighted by Gasteiger charge is 2.36. The first kappa shape index (κ1) is 14.8. The molecule has 1 aromatic carbocycles. The van der Waals surface area contributed by atoms with Crippen LogP contribution in [0.3, 0.4) is 0 Å². The monoisotopic (exact) mass is 338 g/mol.